The minimum Gasteiger partial charge on any atom is -0.335 e. The molecule has 1 aliphatic carbocycles. The van der Waals surface area contributed by atoms with Crippen molar-refractivity contribution in [2.75, 3.05) is 6.54 Å². The van der Waals surface area contributed by atoms with Gasteiger partial charge in [-0.1, -0.05) is 0 Å². The summed E-state index contributed by atoms with van der Waals surface area (Å²) in [5, 5.41) is 3.10. The second-order valence-electron chi connectivity index (χ2n) is 5.14. The highest BCUT2D eigenvalue weighted by Crippen LogP contribution is 2.28. The molecule has 1 saturated heterocycles. The Bertz CT molecular complexity index is 233. The van der Waals surface area contributed by atoms with Crippen molar-refractivity contribution in [1.29, 1.82) is 0 Å². The number of rotatable bonds is 1. The number of carbonyl (C=O) groups is 1. The predicted molar refractivity (Wildman–Crippen MR) is 56.2 cm³/mol. The van der Waals surface area contributed by atoms with Crippen LogP contribution in [-0.4, -0.2) is 29.1 Å². The summed E-state index contributed by atoms with van der Waals surface area (Å²) >= 11 is 0. The van der Waals surface area contributed by atoms with E-state index in [2.05, 4.69) is 19.2 Å². The van der Waals surface area contributed by atoms with Crippen LogP contribution >= 0.6 is 0 Å². The summed E-state index contributed by atoms with van der Waals surface area (Å²) in [5.74, 6) is 0. The summed E-state index contributed by atoms with van der Waals surface area (Å²) in [6.07, 6.45) is 5.88. The van der Waals surface area contributed by atoms with Crippen molar-refractivity contribution in [1.82, 2.24) is 10.2 Å². The molecule has 3 heteroatoms. The number of nitrogens with zero attached hydrogens (tertiary/aromatic N) is 1. The van der Waals surface area contributed by atoms with Crippen LogP contribution in [0.1, 0.15) is 46.0 Å². The smallest absolute Gasteiger partial charge is 0.318 e. The zero-order valence-electron chi connectivity index (χ0n) is 9.18. The number of likely N-dealkylation sites (tertiary alicyclic amines) is 1. The van der Waals surface area contributed by atoms with Crippen LogP contribution in [0, 0.1) is 0 Å². The summed E-state index contributed by atoms with van der Waals surface area (Å²) in [4.78, 5) is 13.9. The Hall–Kier alpha value is -0.730. The molecule has 0 unspecified atom stereocenters. The van der Waals surface area contributed by atoms with Gasteiger partial charge in [-0.3, -0.25) is 0 Å². The molecular formula is C11H20N2O. The first-order valence-electron chi connectivity index (χ1n) is 5.68. The summed E-state index contributed by atoms with van der Waals surface area (Å²) < 4.78 is 0. The van der Waals surface area contributed by atoms with E-state index in [1.54, 1.807) is 0 Å². The van der Waals surface area contributed by atoms with E-state index >= 15 is 0 Å². The summed E-state index contributed by atoms with van der Waals surface area (Å²) in [6, 6.07) is 0.608. The molecule has 0 radical (unpaired) electrons. The normalized spacial score (nSPS) is 26.0. The van der Waals surface area contributed by atoms with E-state index < -0.39 is 0 Å². The van der Waals surface area contributed by atoms with Crippen LogP contribution < -0.4 is 5.32 Å². The SMILES string of the molecule is CC1(C)CCCN1C(=O)NC1CCC1. The first kappa shape index (κ1) is 9.81. The highest BCUT2D eigenvalue weighted by Gasteiger charge is 2.36. The van der Waals surface area contributed by atoms with Crippen LogP contribution in [0.5, 0.6) is 0 Å². The van der Waals surface area contributed by atoms with Gasteiger partial charge in [0.25, 0.3) is 0 Å². The Morgan fingerprint density at radius 2 is 2.07 bits per heavy atom. The van der Waals surface area contributed by atoms with Gasteiger partial charge in [-0.2, -0.15) is 0 Å². The standard InChI is InChI=1S/C11H20N2O/c1-11(2)7-4-8-13(11)10(14)12-9-5-3-6-9/h9H,3-8H2,1-2H3,(H,12,14). The average molecular weight is 196 g/mol. The van der Waals surface area contributed by atoms with Gasteiger partial charge in [-0.15, -0.1) is 0 Å². The van der Waals surface area contributed by atoms with Gasteiger partial charge in [-0.25, -0.2) is 4.79 Å². The fourth-order valence-electron chi connectivity index (χ4n) is 2.29. The fourth-order valence-corrected chi connectivity index (χ4v) is 2.29. The molecule has 14 heavy (non-hydrogen) atoms. The molecule has 1 saturated carbocycles. The molecule has 0 aromatic carbocycles. The maximum absolute atomic E-state index is 11.9. The molecule has 0 aromatic rings. The highest BCUT2D eigenvalue weighted by atomic mass is 16.2. The van der Waals surface area contributed by atoms with Crippen molar-refractivity contribution in [3.05, 3.63) is 0 Å². The van der Waals surface area contributed by atoms with E-state index in [9.17, 15) is 4.79 Å². The van der Waals surface area contributed by atoms with Gasteiger partial charge in [0.2, 0.25) is 0 Å². The van der Waals surface area contributed by atoms with E-state index in [1.165, 1.54) is 19.3 Å². The summed E-state index contributed by atoms with van der Waals surface area (Å²) in [5.41, 5.74) is 0.0633. The molecule has 3 nitrogen and oxygen atoms in total. The van der Waals surface area contributed by atoms with Crippen molar-refractivity contribution in [3.8, 4) is 0 Å². The Kier molecular flexibility index (Phi) is 2.41. The summed E-state index contributed by atoms with van der Waals surface area (Å²) in [7, 11) is 0. The van der Waals surface area contributed by atoms with Gasteiger partial charge in [0, 0.05) is 18.1 Å². The van der Waals surface area contributed by atoms with Crippen molar-refractivity contribution in [2.24, 2.45) is 0 Å². The number of nitrogens with one attached hydrogen (secondary N) is 1. The van der Waals surface area contributed by atoms with Gasteiger partial charge in [0.15, 0.2) is 0 Å². The third-order valence-electron chi connectivity index (χ3n) is 3.58. The van der Waals surface area contributed by atoms with E-state index in [0.29, 0.717) is 6.04 Å². The second kappa shape index (κ2) is 3.44. The minimum absolute atomic E-state index is 0.0633. The van der Waals surface area contributed by atoms with Gasteiger partial charge in [0.05, 0.1) is 0 Å². The highest BCUT2D eigenvalue weighted by molar-refractivity contribution is 5.75. The molecule has 2 aliphatic rings. The van der Waals surface area contributed by atoms with E-state index in [0.717, 1.165) is 19.4 Å². The van der Waals surface area contributed by atoms with E-state index in [-0.39, 0.29) is 11.6 Å². The third-order valence-corrected chi connectivity index (χ3v) is 3.58. The number of amides is 2. The second-order valence-corrected chi connectivity index (χ2v) is 5.14. The minimum atomic E-state index is 0.0633. The van der Waals surface area contributed by atoms with Crippen molar-refractivity contribution in [3.63, 3.8) is 0 Å². The van der Waals surface area contributed by atoms with Crippen LogP contribution in [0.3, 0.4) is 0 Å². The molecule has 80 valence electrons. The number of carbonyl (C=O) groups excluding carboxylic acids is 1. The summed E-state index contributed by atoms with van der Waals surface area (Å²) in [6.45, 7) is 5.23. The van der Waals surface area contributed by atoms with Crippen LogP contribution in [-0.2, 0) is 0 Å². The number of hydrogen-bond donors (Lipinski definition) is 1. The Labute approximate surface area is 85.8 Å². The number of hydrogen-bond acceptors (Lipinski definition) is 1. The monoisotopic (exact) mass is 196 g/mol. The van der Waals surface area contributed by atoms with E-state index in [4.69, 9.17) is 0 Å². The van der Waals surface area contributed by atoms with Crippen molar-refractivity contribution in [2.45, 2.75) is 57.5 Å². The van der Waals surface area contributed by atoms with Crippen molar-refractivity contribution >= 4 is 6.03 Å². The lowest BCUT2D eigenvalue weighted by Crippen LogP contribution is -2.52. The van der Waals surface area contributed by atoms with Gasteiger partial charge in [-0.05, 0) is 46.0 Å². The molecule has 2 rings (SSSR count). The van der Waals surface area contributed by atoms with Gasteiger partial charge >= 0.3 is 6.03 Å². The van der Waals surface area contributed by atoms with Crippen LogP contribution in [0.4, 0.5) is 4.79 Å². The zero-order valence-corrected chi connectivity index (χ0v) is 9.18. The Morgan fingerprint density at radius 1 is 1.36 bits per heavy atom. The fraction of sp³-hybridized carbons (Fsp3) is 0.909. The maximum Gasteiger partial charge on any atom is 0.318 e. The molecular weight excluding hydrogens is 176 g/mol. The third kappa shape index (κ3) is 1.72. The molecule has 1 N–H and O–H groups in total. The largest absolute Gasteiger partial charge is 0.335 e. The molecule has 0 atom stereocenters. The van der Waals surface area contributed by atoms with Crippen LogP contribution in [0.2, 0.25) is 0 Å². The number of urea groups is 1. The van der Waals surface area contributed by atoms with E-state index in [1.807, 2.05) is 4.90 Å². The topological polar surface area (TPSA) is 32.3 Å². The molecule has 1 aliphatic heterocycles. The molecule has 2 fully saturated rings. The predicted octanol–water partition coefficient (Wildman–Crippen LogP) is 2.12. The maximum atomic E-state index is 11.9. The van der Waals surface area contributed by atoms with Crippen LogP contribution in [0.15, 0.2) is 0 Å². The lowest BCUT2D eigenvalue weighted by atomic mass is 9.93. The molecule has 0 aromatic heterocycles. The molecule has 2 amide bonds. The lowest BCUT2D eigenvalue weighted by Gasteiger charge is -2.35. The quantitative estimate of drug-likeness (QED) is 0.684. The van der Waals surface area contributed by atoms with Crippen LogP contribution in [0.25, 0.3) is 0 Å². The Balaban J connectivity index is 1.90. The molecule has 1 heterocycles. The molecule has 0 spiro atoms. The average Bonchev–Trinajstić information content (AvgIpc) is 2.37. The van der Waals surface area contributed by atoms with Crippen molar-refractivity contribution < 1.29 is 4.79 Å². The Morgan fingerprint density at radius 3 is 2.50 bits per heavy atom. The van der Waals surface area contributed by atoms with Gasteiger partial charge in [0.1, 0.15) is 0 Å². The first-order valence-corrected chi connectivity index (χ1v) is 5.68. The lowest BCUT2D eigenvalue weighted by molar-refractivity contribution is 0.156. The van der Waals surface area contributed by atoms with Gasteiger partial charge < -0.3 is 10.2 Å². The molecule has 0 bridgehead atoms. The first-order chi connectivity index (χ1) is 6.59. The zero-order chi connectivity index (χ0) is 10.2.